The molecule has 1 fully saturated rings. The molecule has 2 heterocycles. The molecule has 4 rings (SSSR count). The molecule has 0 unspecified atom stereocenters. The van der Waals surface area contributed by atoms with Crippen molar-refractivity contribution < 1.29 is 18.7 Å². The molecule has 8 heteroatoms. The first-order chi connectivity index (χ1) is 14.7. The van der Waals surface area contributed by atoms with E-state index in [1.54, 1.807) is 17.0 Å². The predicted octanol–water partition coefficient (Wildman–Crippen LogP) is 3.81. The molecule has 1 aromatic heterocycles. The number of anilines is 1. The quantitative estimate of drug-likeness (QED) is 0.572. The van der Waals surface area contributed by atoms with Crippen LogP contribution in [0.1, 0.15) is 17.3 Å². The van der Waals surface area contributed by atoms with Gasteiger partial charge in [0.15, 0.2) is 5.13 Å². The molecule has 1 amide bonds. The Morgan fingerprint density at radius 1 is 1.27 bits per heavy atom. The van der Waals surface area contributed by atoms with Crippen LogP contribution in [0.3, 0.4) is 0 Å². The van der Waals surface area contributed by atoms with E-state index in [1.165, 1.54) is 23.5 Å². The lowest BCUT2D eigenvalue weighted by Gasteiger charge is -2.29. The first-order valence-corrected chi connectivity index (χ1v) is 10.9. The van der Waals surface area contributed by atoms with Gasteiger partial charge in [-0.2, -0.15) is 0 Å². The summed E-state index contributed by atoms with van der Waals surface area (Å²) >= 11 is 1.44. The van der Waals surface area contributed by atoms with E-state index in [0.29, 0.717) is 49.4 Å². The normalized spacial score (nSPS) is 14.7. The second-order valence-electron chi connectivity index (χ2n) is 6.95. The average molecular weight is 430 g/mol. The van der Waals surface area contributed by atoms with E-state index in [9.17, 15) is 9.18 Å². The van der Waals surface area contributed by atoms with Gasteiger partial charge in [0.2, 0.25) is 0 Å². The van der Waals surface area contributed by atoms with Crippen molar-refractivity contribution in [2.75, 3.05) is 50.9 Å². The van der Waals surface area contributed by atoms with Gasteiger partial charge in [0.1, 0.15) is 17.1 Å². The molecule has 158 valence electrons. The van der Waals surface area contributed by atoms with Crippen molar-refractivity contribution >= 4 is 32.6 Å². The first-order valence-electron chi connectivity index (χ1n) is 10.1. The number of amides is 1. The lowest BCUT2D eigenvalue weighted by atomic mass is 10.2. The number of ether oxygens (including phenoxy) is 2. The van der Waals surface area contributed by atoms with E-state index < -0.39 is 5.82 Å². The molecule has 1 saturated heterocycles. The highest BCUT2D eigenvalue weighted by Gasteiger charge is 2.24. The Morgan fingerprint density at radius 2 is 2.07 bits per heavy atom. The molecule has 0 atom stereocenters. The summed E-state index contributed by atoms with van der Waals surface area (Å²) in [5.41, 5.74) is 1.05. The van der Waals surface area contributed by atoms with E-state index in [2.05, 4.69) is 4.90 Å². The highest BCUT2D eigenvalue weighted by atomic mass is 32.1. The number of morpholine rings is 1. The van der Waals surface area contributed by atoms with Crippen LogP contribution in [0.15, 0.2) is 42.5 Å². The molecular weight excluding hydrogens is 405 g/mol. The van der Waals surface area contributed by atoms with Gasteiger partial charge in [-0.15, -0.1) is 0 Å². The van der Waals surface area contributed by atoms with Gasteiger partial charge < -0.3 is 9.47 Å². The van der Waals surface area contributed by atoms with E-state index in [1.807, 2.05) is 25.1 Å². The fraction of sp³-hybridized carbons (Fsp3) is 0.364. The Kier molecular flexibility index (Phi) is 6.56. The zero-order valence-corrected chi connectivity index (χ0v) is 17.7. The molecule has 1 aliphatic heterocycles. The highest BCUT2D eigenvalue weighted by molar-refractivity contribution is 7.22. The number of carbonyl (C=O) groups excluding carboxylic acids is 1. The fourth-order valence-electron chi connectivity index (χ4n) is 3.43. The van der Waals surface area contributed by atoms with Gasteiger partial charge in [-0.1, -0.05) is 23.5 Å². The minimum absolute atomic E-state index is 0.264. The maximum Gasteiger partial charge on any atom is 0.260 e. The molecule has 1 aliphatic rings. The van der Waals surface area contributed by atoms with Gasteiger partial charge in [0.05, 0.1) is 24.5 Å². The lowest BCUT2D eigenvalue weighted by molar-refractivity contribution is 0.0391. The predicted molar refractivity (Wildman–Crippen MR) is 116 cm³/mol. The number of para-hydroxylation sites is 1. The Morgan fingerprint density at radius 3 is 2.83 bits per heavy atom. The molecule has 0 radical (unpaired) electrons. The first kappa shape index (κ1) is 20.7. The summed E-state index contributed by atoms with van der Waals surface area (Å²) in [6.07, 6.45) is 0. The smallest absolute Gasteiger partial charge is 0.260 e. The van der Waals surface area contributed by atoms with E-state index in [-0.39, 0.29) is 5.91 Å². The third-order valence-corrected chi connectivity index (χ3v) is 6.01. The minimum Gasteiger partial charge on any atom is -0.492 e. The SMILES string of the molecule is CCOc1cccc2sc(N(CCN3CCOCC3)C(=O)c3cccc(F)c3)nc12. The maximum atomic E-state index is 13.8. The summed E-state index contributed by atoms with van der Waals surface area (Å²) in [4.78, 5) is 21.9. The van der Waals surface area contributed by atoms with Crippen molar-refractivity contribution in [1.82, 2.24) is 9.88 Å². The number of halogens is 1. The van der Waals surface area contributed by atoms with E-state index in [0.717, 1.165) is 23.3 Å². The number of hydrogen-bond donors (Lipinski definition) is 0. The standard InChI is InChI=1S/C22H24FN3O3S/c1-2-29-18-7-4-8-19-20(18)24-22(30-19)26(10-9-25-11-13-28-14-12-25)21(27)16-5-3-6-17(23)15-16/h3-8,15H,2,9-14H2,1H3. The Bertz CT molecular complexity index is 1020. The van der Waals surface area contributed by atoms with E-state index in [4.69, 9.17) is 14.5 Å². The fourth-order valence-corrected chi connectivity index (χ4v) is 4.43. The highest BCUT2D eigenvalue weighted by Crippen LogP contribution is 2.34. The zero-order chi connectivity index (χ0) is 20.9. The molecule has 0 bridgehead atoms. The molecule has 0 spiro atoms. The van der Waals surface area contributed by atoms with Crippen LogP contribution in [-0.4, -0.2) is 61.8 Å². The topological polar surface area (TPSA) is 54.9 Å². The Hall–Kier alpha value is -2.55. The largest absolute Gasteiger partial charge is 0.492 e. The van der Waals surface area contributed by atoms with Gasteiger partial charge in [0, 0.05) is 31.7 Å². The van der Waals surface area contributed by atoms with E-state index >= 15 is 0 Å². The molecule has 6 nitrogen and oxygen atoms in total. The van der Waals surface area contributed by atoms with Crippen molar-refractivity contribution in [3.05, 3.63) is 53.8 Å². The third-order valence-electron chi connectivity index (χ3n) is 4.96. The number of benzene rings is 2. The molecular formula is C22H24FN3O3S. The van der Waals surface area contributed by atoms with Crippen LogP contribution in [0.4, 0.5) is 9.52 Å². The van der Waals surface area contributed by atoms with Crippen molar-refractivity contribution in [1.29, 1.82) is 0 Å². The summed E-state index contributed by atoms with van der Waals surface area (Å²) in [7, 11) is 0. The number of aromatic nitrogens is 1. The zero-order valence-electron chi connectivity index (χ0n) is 16.8. The van der Waals surface area contributed by atoms with Crippen molar-refractivity contribution in [2.24, 2.45) is 0 Å². The number of hydrogen-bond acceptors (Lipinski definition) is 6. The molecule has 0 N–H and O–H groups in total. The van der Waals surface area contributed by atoms with Crippen LogP contribution in [0.25, 0.3) is 10.2 Å². The van der Waals surface area contributed by atoms with Gasteiger partial charge in [-0.25, -0.2) is 9.37 Å². The number of thiazole rings is 1. The van der Waals surface area contributed by atoms with Crippen molar-refractivity contribution in [3.8, 4) is 5.75 Å². The summed E-state index contributed by atoms with van der Waals surface area (Å²) in [5, 5.41) is 0.583. The summed E-state index contributed by atoms with van der Waals surface area (Å²) in [6, 6.07) is 11.5. The Labute approximate surface area is 178 Å². The maximum absolute atomic E-state index is 13.8. The lowest BCUT2D eigenvalue weighted by Crippen LogP contribution is -2.43. The van der Waals surface area contributed by atoms with Crippen LogP contribution in [0, 0.1) is 5.82 Å². The third kappa shape index (κ3) is 4.61. The monoisotopic (exact) mass is 429 g/mol. The van der Waals surface area contributed by atoms with Gasteiger partial charge >= 0.3 is 0 Å². The second-order valence-corrected chi connectivity index (χ2v) is 7.96. The average Bonchev–Trinajstić information content (AvgIpc) is 3.20. The van der Waals surface area contributed by atoms with Gasteiger partial charge in [-0.3, -0.25) is 14.6 Å². The van der Waals surface area contributed by atoms with Crippen LogP contribution in [0.2, 0.25) is 0 Å². The van der Waals surface area contributed by atoms with Gasteiger partial charge in [0.25, 0.3) is 5.91 Å². The summed E-state index contributed by atoms with van der Waals surface area (Å²) in [5.74, 6) is 0.000482. The van der Waals surface area contributed by atoms with Crippen LogP contribution >= 0.6 is 11.3 Å². The molecule has 30 heavy (non-hydrogen) atoms. The molecule has 2 aromatic carbocycles. The molecule has 0 saturated carbocycles. The molecule has 0 aliphatic carbocycles. The number of carbonyl (C=O) groups is 1. The van der Waals surface area contributed by atoms with Crippen LogP contribution in [-0.2, 0) is 4.74 Å². The minimum atomic E-state index is -0.433. The Balaban J connectivity index is 1.66. The summed E-state index contributed by atoms with van der Waals surface area (Å²) in [6.45, 7) is 6.65. The second kappa shape index (κ2) is 9.51. The van der Waals surface area contributed by atoms with Gasteiger partial charge in [-0.05, 0) is 37.3 Å². The van der Waals surface area contributed by atoms with Crippen LogP contribution < -0.4 is 9.64 Å². The van der Waals surface area contributed by atoms with Crippen LogP contribution in [0.5, 0.6) is 5.75 Å². The van der Waals surface area contributed by atoms with Crippen molar-refractivity contribution in [3.63, 3.8) is 0 Å². The number of fused-ring (bicyclic) bond motifs is 1. The summed E-state index contributed by atoms with van der Waals surface area (Å²) < 4.78 is 25.8. The number of nitrogens with zero attached hydrogens (tertiary/aromatic N) is 3. The molecule has 3 aromatic rings. The number of rotatable bonds is 7. The van der Waals surface area contributed by atoms with Crippen molar-refractivity contribution in [2.45, 2.75) is 6.92 Å².